The van der Waals surface area contributed by atoms with Crippen LogP contribution in [0.3, 0.4) is 0 Å². The number of rotatable bonds is 5. The van der Waals surface area contributed by atoms with Crippen LogP contribution in [0.15, 0.2) is 46.9 Å². The Bertz CT molecular complexity index is 1050. The second-order valence-corrected chi connectivity index (χ2v) is 7.84. The number of Topliss-reactive ketones (excluding diaryl/α,β-unsaturated/α-hetero) is 1. The number of amides is 1. The van der Waals surface area contributed by atoms with Gasteiger partial charge in [-0.05, 0) is 63.2 Å². The Labute approximate surface area is 173 Å². The third-order valence-corrected chi connectivity index (χ3v) is 5.46. The first kappa shape index (κ1) is 19.6. The van der Waals surface area contributed by atoms with Crippen molar-refractivity contribution in [2.75, 3.05) is 25.0 Å². The molecule has 1 amide bonds. The molecule has 150 valence electrons. The van der Waals surface area contributed by atoms with Crippen LogP contribution in [0, 0.1) is 0 Å². The van der Waals surface area contributed by atoms with E-state index >= 15 is 0 Å². The number of nitrogens with zero attached hydrogens (tertiary/aromatic N) is 2. The zero-order valence-electron chi connectivity index (χ0n) is 16.2. The molecule has 2 heterocycles. The molecule has 1 saturated heterocycles. The molecule has 0 atom stereocenters. The molecule has 29 heavy (non-hydrogen) atoms. The van der Waals surface area contributed by atoms with Gasteiger partial charge in [0.2, 0.25) is 5.91 Å². The van der Waals surface area contributed by atoms with Gasteiger partial charge in [-0.25, -0.2) is 4.98 Å². The van der Waals surface area contributed by atoms with Crippen molar-refractivity contribution in [3.63, 3.8) is 0 Å². The molecule has 0 unspecified atom stereocenters. The standard InChI is InChI=1S/C22H22ClN3O3/c1-14(27)16-3-2-4-18(11-16)24-21(28)13-26-9-7-15(8-10-26)22-25-19-12-17(23)5-6-20(19)29-22/h2-6,11-12,15H,7-10,13H2,1H3,(H,24,28). The quantitative estimate of drug-likeness (QED) is 0.625. The first-order valence-corrected chi connectivity index (χ1v) is 10.0. The number of aromatic nitrogens is 1. The molecule has 0 radical (unpaired) electrons. The van der Waals surface area contributed by atoms with Crippen molar-refractivity contribution in [3.8, 4) is 0 Å². The Hall–Kier alpha value is -2.70. The molecule has 1 aliphatic rings. The first-order valence-electron chi connectivity index (χ1n) is 9.67. The van der Waals surface area contributed by atoms with E-state index in [0.717, 1.165) is 42.9 Å². The average molecular weight is 412 g/mol. The van der Waals surface area contributed by atoms with Gasteiger partial charge in [0.05, 0.1) is 6.54 Å². The normalized spacial score (nSPS) is 15.5. The smallest absolute Gasteiger partial charge is 0.238 e. The highest BCUT2D eigenvalue weighted by atomic mass is 35.5. The van der Waals surface area contributed by atoms with Crippen LogP contribution in [-0.4, -0.2) is 41.2 Å². The molecule has 1 N–H and O–H groups in total. The van der Waals surface area contributed by atoms with E-state index in [0.29, 0.717) is 22.8 Å². The van der Waals surface area contributed by atoms with Crippen LogP contribution in [0.1, 0.15) is 41.9 Å². The number of fused-ring (bicyclic) bond motifs is 1. The number of likely N-dealkylation sites (tertiary alicyclic amines) is 1. The lowest BCUT2D eigenvalue weighted by Crippen LogP contribution is -2.38. The third kappa shape index (κ3) is 4.66. The molecule has 1 fully saturated rings. The number of oxazole rings is 1. The Morgan fingerprint density at radius 1 is 1.21 bits per heavy atom. The zero-order chi connectivity index (χ0) is 20.4. The van der Waals surface area contributed by atoms with Gasteiger partial charge in [0.1, 0.15) is 5.52 Å². The summed E-state index contributed by atoms with van der Waals surface area (Å²) in [5.41, 5.74) is 2.76. The average Bonchev–Trinajstić information content (AvgIpc) is 3.11. The number of benzene rings is 2. The van der Waals surface area contributed by atoms with Gasteiger partial charge in [-0.1, -0.05) is 23.7 Å². The number of carbonyl (C=O) groups excluding carboxylic acids is 2. The molecule has 0 aliphatic carbocycles. The van der Waals surface area contributed by atoms with Crippen molar-refractivity contribution in [1.29, 1.82) is 0 Å². The maximum Gasteiger partial charge on any atom is 0.238 e. The van der Waals surface area contributed by atoms with E-state index in [-0.39, 0.29) is 17.6 Å². The summed E-state index contributed by atoms with van der Waals surface area (Å²) in [5.74, 6) is 0.880. The van der Waals surface area contributed by atoms with Gasteiger partial charge < -0.3 is 9.73 Å². The molecule has 7 heteroatoms. The number of hydrogen-bond donors (Lipinski definition) is 1. The van der Waals surface area contributed by atoms with E-state index < -0.39 is 0 Å². The number of anilines is 1. The summed E-state index contributed by atoms with van der Waals surface area (Å²) in [5, 5.41) is 3.52. The summed E-state index contributed by atoms with van der Waals surface area (Å²) in [6, 6.07) is 12.4. The molecule has 1 aromatic heterocycles. The van der Waals surface area contributed by atoms with Crippen LogP contribution in [0.25, 0.3) is 11.1 Å². The largest absolute Gasteiger partial charge is 0.440 e. The first-order chi connectivity index (χ1) is 14.0. The summed E-state index contributed by atoms with van der Waals surface area (Å²) in [4.78, 5) is 30.6. The Balaban J connectivity index is 1.31. The Kier molecular flexibility index (Phi) is 5.65. The van der Waals surface area contributed by atoms with Crippen molar-refractivity contribution in [2.45, 2.75) is 25.7 Å². The highest BCUT2D eigenvalue weighted by Gasteiger charge is 2.25. The van der Waals surface area contributed by atoms with Crippen LogP contribution in [0.4, 0.5) is 5.69 Å². The minimum atomic E-state index is -0.0827. The molecule has 2 aromatic carbocycles. The van der Waals surface area contributed by atoms with Gasteiger partial charge in [-0.2, -0.15) is 0 Å². The van der Waals surface area contributed by atoms with E-state index in [1.807, 2.05) is 12.1 Å². The minimum Gasteiger partial charge on any atom is -0.440 e. The van der Waals surface area contributed by atoms with Gasteiger partial charge in [-0.3, -0.25) is 14.5 Å². The van der Waals surface area contributed by atoms with E-state index in [4.69, 9.17) is 16.0 Å². The van der Waals surface area contributed by atoms with Crippen LogP contribution in [0.5, 0.6) is 0 Å². The molecule has 0 bridgehead atoms. The lowest BCUT2D eigenvalue weighted by Gasteiger charge is -2.29. The second-order valence-electron chi connectivity index (χ2n) is 7.40. The van der Waals surface area contributed by atoms with Crippen LogP contribution in [-0.2, 0) is 4.79 Å². The van der Waals surface area contributed by atoms with E-state index in [1.165, 1.54) is 6.92 Å². The number of hydrogen-bond acceptors (Lipinski definition) is 5. The van der Waals surface area contributed by atoms with Crippen LogP contribution >= 0.6 is 11.6 Å². The summed E-state index contributed by atoms with van der Waals surface area (Å²) in [6.45, 7) is 3.42. The molecular formula is C22H22ClN3O3. The van der Waals surface area contributed by atoms with E-state index in [9.17, 15) is 9.59 Å². The molecule has 0 spiro atoms. The van der Waals surface area contributed by atoms with Crippen molar-refractivity contribution >= 4 is 40.1 Å². The molecule has 1 aliphatic heterocycles. The predicted octanol–water partition coefficient (Wildman–Crippen LogP) is 4.50. The number of piperidine rings is 1. The van der Waals surface area contributed by atoms with Crippen molar-refractivity contribution < 1.29 is 14.0 Å². The van der Waals surface area contributed by atoms with Gasteiger partial charge in [0, 0.05) is 22.2 Å². The molecule has 0 saturated carbocycles. The summed E-state index contributed by atoms with van der Waals surface area (Å²) < 4.78 is 5.89. The van der Waals surface area contributed by atoms with Gasteiger partial charge in [0.15, 0.2) is 17.3 Å². The van der Waals surface area contributed by atoms with Crippen molar-refractivity contribution in [1.82, 2.24) is 9.88 Å². The molecular weight excluding hydrogens is 390 g/mol. The third-order valence-electron chi connectivity index (χ3n) is 5.22. The fraction of sp³-hybridized carbons (Fsp3) is 0.318. The Morgan fingerprint density at radius 2 is 2.00 bits per heavy atom. The Morgan fingerprint density at radius 3 is 2.76 bits per heavy atom. The maximum absolute atomic E-state index is 12.4. The minimum absolute atomic E-state index is 0.0235. The molecule has 6 nitrogen and oxygen atoms in total. The summed E-state index contributed by atoms with van der Waals surface area (Å²) in [7, 11) is 0. The highest BCUT2D eigenvalue weighted by Crippen LogP contribution is 2.30. The number of ketones is 1. The fourth-order valence-corrected chi connectivity index (χ4v) is 3.82. The number of halogens is 1. The lowest BCUT2D eigenvalue weighted by molar-refractivity contribution is -0.117. The van der Waals surface area contributed by atoms with Gasteiger partial charge in [-0.15, -0.1) is 0 Å². The lowest BCUT2D eigenvalue weighted by atomic mass is 9.97. The monoisotopic (exact) mass is 411 g/mol. The fourth-order valence-electron chi connectivity index (χ4n) is 3.65. The molecule has 3 aromatic rings. The maximum atomic E-state index is 12.4. The van der Waals surface area contributed by atoms with E-state index in [2.05, 4.69) is 15.2 Å². The number of nitrogens with one attached hydrogen (secondary N) is 1. The van der Waals surface area contributed by atoms with Gasteiger partial charge in [0.25, 0.3) is 0 Å². The van der Waals surface area contributed by atoms with Crippen LogP contribution in [0.2, 0.25) is 5.02 Å². The summed E-state index contributed by atoms with van der Waals surface area (Å²) in [6.07, 6.45) is 1.77. The highest BCUT2D eigenvalue weighted by molar-refractivity contribution is 6.31. The predicted molar refractivity (Wildman–Crippen MR) is 113 cm³/mol. The van der Waals surface area contributed by atoms with E-state index in [1.54, 1.807) is 30.3 Å². The number of carbonyl (C=O) groups is 2. The second kappa shape index (κ2) is 8.35. The van der Waals surface area contributed by atoms with Crippen molar-refractivity contribution in [2.24, 2.45) is 0 Å². The van der Waals surface area contributed by atoms with Crippen molar-refractivity contribution in [3.05, 3.63) is 58.9 Å². The SMILES string of the molecule is CC(=O)c1cccc(NC(=O)CN2CCC(c3nc4cc(Cl)ccc4o3)CC2)c1. The molecule has 4 rings (SSSR count). The zero-order valence-corrected chi connectivity index (χ0v) is 16.9. The topological polar surface area (TPSA) is 75.4 Å². The van der Waals surface area contributed by atoms with Crippen LogP contribution < -0.4 is 5.32 Å². The van der Waals surface area contributed by atoms with Gasteiger partial charge >= 0.3 is 0 Å². The summed E-state index contributed by atoms with van der Waals surface area (Å²) >= 11 is 6.02.